The van der Waals surface area contributed by atoms with Crippen LogP contribution in [0.25, 0.3) is 0 Å². The van der Waals surface area contributed by atoms with E-state index in [0.717, 1.165) is 42.5 Å². The minimum absolute atomic E-state index is 0.0478. The van der Waals surface area contributed by atoms with Crippen molar-refractivity contribution in [2.45, 2.75) is 13.5 Å². The van der Waals surface area contributed by atoms with Crippen LogP contribution in [0.4, 0.5) is 10.1 Å². The van der Waals surface area contributed by atoms with Gasteiger partial charge in [0, 0.05) is 50.5 Å². The topological polar surface area (TPSA) is 26.8 Å². The van der Waals surface area contributed by atoms with Gasteiger partial charge in [0.1, 0.15) is 5.82 Å². The van der Waals surface area contributed by atoms with E-state index in [1.165, 1.54) is 17.7 Å². The minimum atomic E-state index is -0.277. The van der Waals surface area contributed by atoms with Gasteiger partial charge in [-0.15, -0.1) is 0 Å². The van der Waals surface area contributed by atoms with Crippen molar-refractivity contribution in [3.63, 3.8) is 0 Å². The molecule has 0 aromatic heterocycles. The Labute approximate surface area is 165 Å². The van der Waals surface area contributed by atoms with Crippen molar-refractivity contribution in [2.24, 2.45) is 0 Å². The van der Waals surface area contributed by atoms with Crippen LogP contribution in [0, 0.1) is 12.7 Å². The number of halogens is 2. The summed E-state index contributed by atoms with van der Waals surface area (Å²) in [6.07, 6.45) is 0. The van der Waals surface area contributed by atoms with Crippen LogP contribution in [0.5, 0.6) is 0 Å². The number of carbonyl (C=O) groups is 1. The van der Waals surface area contributed by atoms with E-state index in [2.05, 4.69) is 16.7 Å². The standard InChI is InChI=1S/C21H25ClFN3O/c1-16-6-7-18(22)13-20(16)26-10-8-25(9-11-26)15-21(27)24(2)14-17-4-3-5-19(23)12-17/h3-7,12-13H,8-11,14-15H2,1-2H3. The first-order valence-corrected chi connectivity index (χ1v) is 9.52. The van der Waals surface area contributed by atoms with Gasteiger partial charge >= 0.3 is 0 Å². The Morgan fingerprint density at radius 2 is 1.89 bits per heavy atom. The highest BCUT2D eigenvalue weighted by atomic mass is 35.5. The van der Waals surface area contributed by atoms with Crippen molar-refractivity contribution in [1.82, 2.24) is 9.80 Å². The van der Waals surface area contributed by atoms with Crippen molar-refractivity contribution < 1.29 is 9.18 Å². The van der Waals surface area contributed by atoms with Crippen LogP contribution in [0.2, 0.25) is 5.02 Å². The first kappa shape index (κ1) is 19.6. The SMILES string of the molecule is Cc1ccc(Cl)cc1N1CCN(CC(=O)N(C)Cc2cccc(F)c2)CC1. The second-order valence-corrected chi connectivity index (χ2v) is 7.51. The summed E-state index contributed by atoms with van der Waals surface area (Å²) in [4.78, 5) is 18.7. The van der Waals surface area contributed by atoms with Crippen molar-refractivity contribution in [1.29, 1.82) is 0 Å². The summed E-state index contributed by atoms with van der Waals surface area (Å²) >= 11 is 6.13. The zero-order valence-electron chi connectivity index (χ0n) is 15.8. The Hall–Kier alpha value is -2.11. The van der Waals surface area contributed by atoms with Gasteiger partial charge in [0.15, 0.2) is 0 Å². The molecule has 0 aliphatic carbocycles. The number of benzene rings is 2. The maximum Gasteiger partial charge on any atom is 0.236 e. The second kappa shape index (κ2) is 8.72. The maximum atomic E-state index is 13.3. The van der Waals surface area contributed by atoms with Crippen LogP contribution >= 0.6 is 11.6 Å². The van der Waals surface area contributed by atoms with Crippen LogP contribution in [-0.4, -0.2) is 55.5 Å². The largest absolute Gasteiger partial charge is 0.369 e. The molecule has 1 fully saturated rings. The summed E-state index contributed by atoms with van der Waals surface area (Å²) in [5.74, 6) is -0.229. The van der Waals surface area contributed by atoms with E-state index in [9.17, 15) is 9.18 Å². The Morgan fingerprint density at radius 1 is 1.15 bits per heavy atom. The lowest BCUT2D eigenvalue weighted by Crippen LogP contribution is -2.49. The monoisotopic (exact) mass is 389 g/mol. The van der Waals surface area contributed by atoms with Crippen molar-refractivity contribution in [2.75, 3.05) is 44.7 Å². The average molecular weight is 390 g/mol. The Bertz CT molecular complexity index is 806. The predicted octanol–water partition coefficient (Wildman–Crippen LogP) is 3.57. The summed E-state index contributed by atoms with van der Waals surface area (Å²) < 4.78 is 13.3. The third-order valence-corrected chi connectivity index (χ3v) is 5.21. The fraction of sp³-hybridized carbons (Fsp3) is 0.381. The van der Waals surface area contributed by atoms with E-state index in [0.29, 0.717) is 13.1 Å². The predicted molar refractivity (Wildman–Crippen MR) is 108 cm³/mol. The number of amides is 1. The zero-order chi connectivity index (χ0) is 19.4. The Kier molecular flexibility index (Phi) is 6.34. The molecular formula is C21H25ClFN3O. The normalized spacial score (nSPS) is 15.0. The fourth-order valence-electron chi connectivity index (χ4n) is 3.38. The van der Waals surface area contributed by atoms with Crippen molar-refractivity contribution in [3.8, 4) is 0 Å². The molecule has 0 spiro atoms. The molecule has 2 aromatic carbocycles. The van der Waals surface area contributed by atoms with Crippen LogP contribution in [0.15, 0.2) is 42.5 Å². The number of carbonyl (C=O) groups excluding carboxylic acids is 1. The van der Waals surface area contributed by atoms with E-state index < -0.39 is 0 Å². The van der Waals surface area contributed by atoms with E-state index in [-0.39, 0.29) is 11.7 Å². The number of nitrogens with zero attached hydrogens (tertiary/aromatic N) is 3. The molecule has 0 atom stereocenters. The zero-order valence-corrected chi connectivity index (χ0v) is 16.5. The molecule has 0 N–H and O–H groups in total. The Morgan fingerprint density at radius 3 is 2.59 bits per heavy atom. The van der Waals surface area contributed by atoms with Gasteiger partial charge in [-0.2, -0.15) is 0 Å². The molecule has 0 unspecified atom stereocenters. The minimum Gasteiger partial charge on any atom is -0.369 e. The van der Waals surface area contributed by atoms with Gasteiger partial charge in [0.2, 0.25) is 5.91 Å². The molecule has 1 saturated heterocycles. The van der Waals surface area contributed by atoms with Crippen LogP contribution in [-0.2, 0) is 11.3 Å². The summed E-state index contributed by atoms with van der Waals surface area (Å²) in [5.41, 5.74) is 3.17. The molecule has 0 bridgehead atoms. The van der Waals surface area contributed by atoms with Crippen LogP contribution in [0.3, 0.4) is 0 Å². The van der Waals surface area contributed by atoms with E-state index in [4.69, 9.17) is 11.6 Å². The summed E-state index contributed by atoms with van der Waals surface area (Å²) in [6, 6.07) is 12.3. The first-order valence-electron chi connectivity index (χ1n) is 9.14. The molecule has 2 aromatic rings. The molecule has 1 aliphatic rings. The lowest BCUT2D eigenvalue weighted by atomic mass is 10.1. The highest BCUT2D eigenvalue weighted by molar-refractivity contribution is 6.30. The molecule has 1 amide bonds. The van der Waals surface area contributed by atoms with E-state index in [1.54, 1.807) is 18.0 Å². The molecule has 3 rings (SSSR count). The van der Waals surface area contributed by atoms with Gasteiger partial charge in [0.25, 0.3) is 0 Å². The molecule has 0 saturated carbocycles. The molecule has 1 heterocycles. The molecule has 6 heteroatoms. The van der Waals surface area contributed by atoms with Crippen LogP contribution < -0.4 is 4.90 Å². The lowest BCUT2D eigenvalue weighted by molar-refractivity contribution is -0.131. The van der Waals surface area contributed by atoms with Gasteiger partial charge < -0.3 is 9.80 Å². The number of rotatable bonds is 5. The average Bonchev–Trinajstić information content (AvgIpc) is 2.64. The molecule has 4 nitrogen and oxygen atoms in total. The number of piperazine rings is 1. The highest BCUT2D eigenvalue weighted by Gasteiger charge is 2.21. The van der Waals surface area contributed by atoms with Crippen LogP contribution in [0.1, 0.15) is 11.1 Å². The summed E-state index contributed by atoms with van der Waals surface area (Å²) in [6.45, 7) is 6.26. The third kappa shape index (κ3) is 5.21. The van der Waals surface area contributed by atoms with Crippen molar-refractivity contribution >= 4 is 23.2 Å². The second-order valence-electron chi connectivity index (χ2n) is 7.07. The number of hydrogen-bond acceptors (Lipinski definition) is 3. The van der Waals surface area contributed by atoms with Gasteiger partial charge in [0.05, 0.1) is 6.54 Å². The van der Waals surface area contributed by atoms with Gasteiger partial charge in [-0.3, -0.25) is 9.69 Å². The quantitative estimate of drug-likeness (QED) is 0.782. The number of aryl methyl sites for hydroxylation is 1. The van der Waals surface area contributed by atoms with Gasteiger partial charge in [-0.25, -0.2) is 4.39 Å². The molecule has 144 valence electrons. The lowest BCUT2D eigenvalue weighted by Gasteiger charge is -2.37. The first-order chi connectivity index (χ1) is 12.9. The Balaban J connectivity index is 1.51. The van der Waals surface area contributed by atoms with E-state index >= 15 is 0 Å². The number of anilines is 1. The number of hydrogen-bond donors (Lipinski definition) is 0. The summed E-state index contributed by atoms with van der Waals surface area (Å²) in [7, 11) is 1.76. The summed E-state index contributed by atoms with van der Waals surface area (Å²) in [5, 5.41) is 0.743. The molecule has 27 heavy (non-hydrogen) atoms. The fourth-order valence-corrected chi connectivity index (χ4v) is 3.55. The van der Waals surface area contributed by atoms with E-state index in [1.807, 2.05) is 24.3 Å². The molecular weight excluding hydrogens is 365 g/mol. The smallest absolute Gasteiger partial charge is 0.236 e. The van der Waals surface area contributed by atoms with Crippen molar-refractivity contribution in [3.05, 3.63) is 64.4 Å². The maximum absolute atomic E-state index is 13.3. The highest BCUT2D eigenvalue weighted by Crippen LogP contribution is 2.25. The van der Waals surface area contributed by atoms with Gasteiger partial charge in [-0.05, 0) is 42.3 Å². The molecule has 0 radical (unpaired) electrons. The molecule has 1 aliphatic heterocycles. The number of likely N-dealkylation sites (N-methyl/N-ethyl adjacent to an activating group) is 1. The van der Waals surface area contributed by atoms with Gasteiger partial charge in [-0.1, -0.05) is 29.8 Å². The third-order valence-electron chi connectivity index (χ3n) is 4.98.